The van der Waals surface area contributed by atoms with Crippen molar-refractivity contribution in [3.8, 4) is 28.7 Å². The molecule has 4 atom stereocenters. The molecule has 3 aromatic carbocycles. The molecule has 9 heteroatoms. The van der Waals surface area contributed by atoms with Crippen LogP contribution in [0.2, 0.25) is 0 Å². The van der Waals surface area contributed by atoms with Crippen molar-refractivity contribution in [1.82, 2.24) is 4.90 Å². The molecule has 0 amide bonds. The maximum absolute atomic E-state index is 13.4. The third-order valence-corrected chi connectivity index (χ3v) is 9.24. The first-order valence-electron chi connectivity index (χ1n) is 14.7. The fourth-order valence-electron chi connectivity index (χ4n) is 7.08. The van der Waals surface area contributed by atoms with Gasteiger partial charge in [-0.3, -0.25) is 4.79 Å². The van der Waals surface area contributed by atoms with E-state index < -0.39 is 5.92 Å². The van der Waals surface area contributed by atoms with E-state index in [4.69, 9.17) is 23.7 Å². The quantitative estimate of drug-likeness (QED) is 0.367. The molecule has 2 fully saturated rings. The highest BCUT2D eigenvalue weighted by Gasteiger charge is 2.52. The molecular formula is C33H36N2O7. The number of phenols is 1. The minimum atomic E-state index is -0.464. The molecule has 0 saturated carbocycles. The van der Waals surface area contributed by atoms with E-state index in [0.29, 0.717) is 18.1 Å². The lowest BCUT2D eigenvalue weighted by molar-refractivity contribution is -0.141. The van der Waals surface area contributed by atoms with Gasteiger partial charge >= 0.3 is 5.97 Å². The second-order valence-electron chi connectivity index (χ2n) is 11.5. The molecule has 1 aliphatic carbocycles. The van der Waals surface area contributed by atoms with Crippen molar-refractivity contribution in [1.29, 1.82) is 0 Å². The van der Waals surface area contributed by atoms with Crippen LogP contribution in [0, 0.1) is 11.8 Å². The van der Waals surface area contributed by atoms with Gasteiger partial charge in [-0.25, -0.2) is 0 Å². The number of fused-ring (bicyclic) bond motifs is 3. The van der Waals surface area contributed by atoms with Gasteiger partial charge < -0.3 is 39.0 Å². The third kappa shape index (κ3) is 4.65. The van der Waals surface area contributed by atoms with Crippen molar-refractivity contribution in [2.75, 3.05) is 52.6 Å². The summed E-state index contributed by atoms with van der Waals surface area (Å²) in [5.41, 5.74) is 5.04. The molecule has 0 radical (unpaired) electrons. The number of nitrogens with one attached hydrogen (secondary N) is 1. The zero-order valence-electron chi connectivity index (χ0n) is 23.9. The molecule has 2 saturated heterocycles. The Morgan fingerprint density at radius 1 is 0.929 bits per heavy atom. The standard InChI is InChI=1S/C33H36N2O7/c1-38-27-13-20(14-28(39-2)32(27)36)29-22-15-25-26(42-18-41-25)16-23(22)31(24-17-40-33(37)30(24)29)34-21-7-5-19(6-8-21)9-12-35-10-3-4-11-35/h5-8,13-16,24,29-31,34,36H,3-4,9-12,17-18H2,1-2H3/t24-,29+,30-,31+/m0/s1. The van der Waals surface area contributed by atoms with Crippen LogP contribution in [0.25, 0.3) is 0 Å². The van der Waals surface area contributed by atoms with E-state index in [1.54, 1.807) is 12.1 Å². The number of hydrogen-bond acceptors (Lipinski definition) is 9. The average Bonchev–Trinajstić information content (AvgIpc) is 3.78. The van der Waals surface area contributed by atoms with Crippen LogP contribution in [-0.4, -0.2) is 63.2 Å². The Balaban J connectivity index is 1.26. The van der Waals surface area contributed by atoms with Crippen molar-refractivity contribution in [2.24, 2.45) is 11.8 Å². The molecule has 0 bridgehead atoms. The van der Waals surface area contributed by atoms with Crippen molar-refractivity contribution >= 4 is 11.7 Å². The highest BCUT2D eigenvalue weighted by molar-refractivity contribution is 5.79. The second kappa shape index (κ2) is 10.9. The van der Waals surface area contributed by atoms with Gasteiger partial charge in [0.1, 0.15) is 0 Å². The van der Waals surface area contributed by atoms with Crippen LogP contribution in [0.5, 0.6) is 28.7 Å². The molecule has 2 N–H and O–H groups in total. The predicted octanol–water partition coefficient (Wildman–Crippen LogP) is 4.86. The molecule has 3 heterocycles. The molecule has 4 aliphatic rings. The Bertz CT molecular complexity index is 1460. The van der Waals surface area contributed by atoms with Gasteiger partial charge in [-0.2, -0.15) is 0 Å². The SMILES string of the molecule is COc1cc([C@@H]2c3cc4c(cc3[C@@H](Nc3ccc(CCN5CCCC5)cc3)[C@H]3COC(=O)[C@H]23)OCO4)cc(OC)c1O. The summed E-state index contributed by atoms with van der Waals surface area (Å²) >= 11 is 0. The number of carbonyl (C=O) groups excluding carboxylic acids is 1. The van der Waals surface area contributed by atoms with E-state index in [1.807, 2.05) is 12.1 Å². The van der Waals surface area contributed by atoms with Gasteiger partial charge in [-0.05, 0) is 91.0 Å². The summed E-state index contributed by atoms with van der Waals surface area (Å²) < 4.78 is 28.2. The molecule has 0 aromatic heterocycles. The Labute approximate surface area is 245 Å². The number of nitrogens with zero attached hydrogens (tertiary/aromatic N) is 1. The van der Waals surface area contributed by atoms with Crippen LogP contribution >= 0.6 is 0 Å². The van der Waals surface area contributed by atoms with Crippen LogP contribution < -0.4 is 24.3 Å². The van der Waals surface area contributed by atoms with Gasteiger partial charge in [0, 0.05) is 24.1 Å². The van der Waals surface area contributed by atoms with Crippen LogP contribution in [0.3, 0.4) is 0 Å². The summed E-state index contributed by atoms with van der Waals surface area (Å²) in [6, 6.07) is 16.0. The molecule has 3 aliphatic heterocycles. The molecule has 0 spiro atoms. The molecule has 0 unspecified atom stereocenters. The van der Waals surface area contributed by atoms with Gasteiger partial charge in [-0.1, -0.05) is 12.1 Å². The summed E-state index contributed by atoms with van der Waals surface area (Å²) in [4.78, 5) is 15.9. The van der Waals surface area contributed by atoms with Gasteiger partial charge in [0.05, 0.1) is 32.8 Å². The van der Waals surface area contributed by atoms with E-state index >= 15 is 0 Å². The Kier molecular flexibility index (Phi) is 6.98. The summed E-state index contributed by atoms with van der Waals surface area (Å²) in [6.07, 6.45) is 3.63. The van der Waals surface area contributed by atoms with E-state index in [9.17, 15) is 9.90 Å². The van der Waals surface area contributed by atoms with Crippen molar-refractivity contribution in [3.05, 3.63) is 70.8 Å². The molecule has 7 rings (SSSR count). The number of rotatable bonds is 8. The zero-order valence-corrected chi connectivity index (χ0v) is 23.9. The van der Waals surface area contributed by atoms with Crippen molar-refractivity contribution < 1.29 is 33.6 Å². The number of phenolic OH excluding ortho intramolecular Hbond substituents is 1. The number of methoxy groups -OCH3 is 2. The number of benzene rings is 3. The Morgan fingerprint density at radius 2 is 1.60 bits per heavy atom. The number of cyclic esters (lactones) is 1. The van der Waals surface area contributed by atoms with Gasteiger partial charge in [-0.15, -0.1) is 0 Å². The van der Waals surface area contributed by atoms with Crippen LogP contribution in [0.1, 0.15) is 47.1 Å². The summed E-state index contributed by atoms with van der Waals surface area (Å²) in [5, 5.41) is 14.3. The Morgan fingerprint density at radius 3 is 2.26 bits per heavy atom. The fourth-order valence-corrected chi connectivity index (χ4v) is 7.08. The lowest BCUT2D eigenvalue weighted by Gasteiger charge is -2.40. The monoisotopic (exact) mass is 572 g/mol. The van der Waals surface area contributed by atoms with E-state index in [2.05, 4.69) is 34.5 Å². The second-order valence-corrected chi connectivity index (χ2v) is 11.5. The summed E-state index contributed by atoms with van der Waals surface area (Å²) in [5.74, 6) is 0.569. The largest absolute Gasteiger partial charge is 0.502 e. The average molecular weight is 573 g/mol. The van der Waals surface area contributed by atoms with Crippen LogP contribution in [-0.2, 0) is 16.0 Å². The van der Waals surface area contributed by atoms with Crippen molar-refractivity contribution in [2.45, 2.75) is 31.2 Å². The van der Waals surface area contributed by atoms with E-state index in [1.165, 1.54) is 45.7 Å². The van der Waals surface area contributed by atoms with Crippen LogP contribution in [0.15, 0.2) is 48.5 Å². The Hall–Kier alpha value is -4.11. The summed E-state index contributed by atoms with van der Waals surface area (Å²) in [6.45, 7) is 3.94. The lowest BCUT2D eigenvalue weighted by atomic mass is 9.65. The third-order valence-electron chi connectivity index (χ3n) is 9.24. The smallest absolute Gasteiger partial charge is 0.310 e. The van der Waals surface area contributed by atoms with E-state index in [0.717, 1.165) is 35.3 Å². The van der Waals surface area contributed by atoms with Gasteiger partial charge in [0.15, 0.2) is 23.0 Å². The fraction of sp³-hybridized carbons (Fsp3) is 0.424. The minimum absolute atomic E-state index is 0.0839. The van der Waals surface area contributed by atoms with Crippen LogP contribution in [0.4, 0.5) is 5.69 Å². The molecule has 3 aromatic rings. The van der Waals surface area contributed by atoms with Gasteiger partial charge in [0.25, 0.3) is 0 Å². The highest BCUT2D eigenvalue weighted by atomic mass is 16.7. The molecular weight excluding hydrogens is 536 g/mol. The first-order valence-corrected chi connectivity index (χ1v) is 14.7. The topological polar surface area (TPSA) is 98.7 Å². The normalized spacial score (nSPS) is 24.2. The lowest BCUT2D eigenvalue weighted by Crippen LogP contribution is -2.37. The number of carbonyl (C=O) groups is 1. The first-order chi connectivity index (χ1) is 20.5. The van der Waals surface area contributed by atoms with E-state index in [-0.39, 0.29) is 47.9 Å². The van der Waals surface area contributed by atoms with Crippen molar-refractivity contribution in [3.63, 3.8) is 0 Å². The maximum atomic E-state index is 13.4. The first kappa shape index (κ1) is 26.8. The molecule has 42 heavy (non-hydrogen) atoms. The molecule has 220 valence electrons. The maximum Gasteiger partial charge on any atom is 0.310 e. The predicted molar refractivity (Wildman–Crippen MR) is 156 cm³/mol. The number of likely N-dealkylation sites (tertiary alicyclic amines) is 1. The number of ether oxygens (including phenoxy) is 5. The van der Waals surface area contributed by atoms with Gasteiger partial charge in [0.2, 0.25) is 12.5 Å². The number of esters is 1. The highest BCUT2D eigenvalue weighted by Crippen LogP contribution is 2.56. The number of hydrogen-bond donors (Lipinski definition) is 2. The summed E-state index contributed by atoms with van der Waals surface area (Å²) in [7, 11) is 2.99. The zero-order chi connectivity index (χ0) is 28.8. The minimum Gasteiger partial charge on any atom is -0.502 e. The molecule has 9 nitrogen and oxygen atoms in total. The number of aromatic hydroxyl groups is 1. The number of anilines is 1.